The maximum atomic E-state index is 15.4. The molecule has 1 fully saturated rings. The number of carboxylic acids is 1. The molecule has 0 spiro atoms. The van der Waals surface area contributed by atoms with E-state index in [9.17, 15) is 14.7 Å². The van der Waals surface area contributed by atoms with Gasteiger partial charge in [-0.2, -0.15) is 0 Å². The van der Waals surface area contributed by atoms with E-state index in [4.69, 9.17) is 5.73 Å². The summed E-state index contributed by atoms with van der Waals surface area (Å²) < 4.78 is 17.1. The van der Waals surface area contributed by atoms with Gasteiger partial charge in [0, 0.05) is 28.7 Å². The molecule has 9 heteroatoms. The third kappa shape index (κ3) is 3.14. The van der Waals surface area contributed by atoms with Gasteiger partial charge < -0.3 is 15.4 Å². The number of rotatable bonds is 3. The Morgan fingerprint density at radius 3 is 2.73 bits per heavy atom. The minimum atomic E-state index is -1.31. The predicted octanol–water partition coefficient (Wildman–Crippen LogP) is 4.36. The summed E-state index contributed by atoms with van der Waals surface area (Å²) in [6, 6.07) is 1.97. The molecule has 0 aliphatic heterocycles. The number of thiophene rings is 1. The molecule has 30 heavy (non-hydrogen) atoms. The molecule has 0 saturated heterocycles. The SMILES string of the molecule is Cc1c(F)c(-c2cc3c(s2)CCCC3N)nc2c1c(=O)c(C(=O)O)cn2C1CC1.Cl. The van der Waals surface area contributed by atoms with E-state index in [1.807, 2.05) is 6.07 Å². The number of aromatic nitrogens is 2. The minimum absolute atomic E-state index is 0. The highest BCUT2D eigenvalue weighted by Crippen LogP contribution is 2.41. The van der Waals surface area contributed by atoms with Crippen molar-refractivity contribution in [1.82, 2.24) is 9.55 Å². The fourth-order valence-corrected chi connectivity index (χ4v) is 5.43. The lowest BCUT2D eigenvalue weighted by molar-refractivity contribution is 0.0695. The molecule has 6 nitrogen and oxygen atoms in total. The van der Waals surface area contributed by atoms with E-state index in [0.717, 1.165) is 37.7 Å². The quantitative estimate of drug-likeness (QED) is 0.618. The van der Waals surface area contributed by atoms with E-state index in [-0.39, 0.29) is 46.7 Å². The van der Waals surface area contributed by atoms with Crippen LogP contribution in [0.3, 0.4) is 0 Å². The molecular weight excluding hydrogens is 429 g/mol. The van der Waals surface area contributed by atoms with Gasteiger partial charge in [0.1, 0.15) is 16.9 Å². The lowest BCUT2D eigenvalue weighted by atomic mass is 9.94. The molecule has 5 rings (SSSR count). The van der Waals surface area contributed by atoms with Crippen LogP contribution >= 0.6 is 23.7 Å². The standard InChI is InChI=1S/C21H20FN3O3S.ClH/c1-9-16-19(26)12(21(27)28)8-25(10-5-6-10)20(16)24-18(17(9)22)15-7-11-13(23)3-2-4-14(11)29-15;/h7-8,10,13H,2-6,23H2,1H3,(H,27,28);1H. The zero-order valence-electron chi connectivity index (χ0n) is 16.3. The molecule has 1 saturated carbocycles. The van der Waals surface area contributed by atoms with Gasteiger partial charge in [0.15, 0.2) is 5.82 Å². The summed E-state index contributed by atoms with van der Waals surface area (Å²) in [5.41, 5.74) is 6.94. The van der Waals surface area contributed by atoms with Crippen molar-refractivity contribution in [3.05, 3.63) is 49.9 Å². The number of nitrogens with zero attached hydrogens (tertiary/aromatic N) is 2. The van der Waals surface area contributed by atoms with E-state index in [1.165, 1.54) is 29.3 Å². The Morgan fingerprint density at radius 1 is 1.37 bits per heavy atom. The molecule has 0 aromatic carbocycles. The summed E-state index contributed by atoms with van der Waals surface area (Å²) in [6.45, 7) is 1.52. The second-order valence-corrected chi connectivity index (χ2v) is 9.04. The summed E-state index contributed by atoms with van der Waals surface area (Å²) in [4.78, 5) is 30.8. The molecule has 158 valence electrons. The molecule has 0 radical (unpaired) electrons. The fourth-order valence-electron chi connectivity index (χ4n) is 4.17. The highest BCUT2D eigenvalue weighted by molar-refractivity contribution is 7.15. The van der Waals surface area contributed by atoms with Crippen molar-refractivity contribution in [2.75, 3.05) is 0 Å². The number of halogens is 2. The number of hydrogen-bond acceptors (Lipinski definition) is 5. The van der Waals surface area contributed by atoms with Gasteiger partial charge in [-0.3, -0.25) is 4.79 Å². The molecule has 1 unspecified atom stereocenters. The highest BCUT2D eigenvalue weighted by Gasteiger charge is 2.30. The highest BCUT2D eigenvalue weighted by atomic mass is 35.5. The predicted molar refractivity (Wildman–Crippen MR) is 116 cm³/mol. The van der Waals surface area contributed by atoms with Crippen molar-refractivity contribution < 1.29 is 14.3 Å². The summed E-state index contributed by atoms with van der Waals surface area (Å²) in [6.07, 6.45) is 5.97. The maximum absolute atomic E-state index is 15.4. The fraction of sp³-hybridized carbons (Fsp3) is 0.381. The van der Waals surface area contributed by atoms with Crippen LogP contribution in [0.15, 0.2) is 17.1 Å². The van der Waals surface area contributed by atoms with Gasteiger partial charge >= 0.3 is 5.97 Å². The lowest BCUT2D eigenvalue weighted by Gasteiger charge is -2.17. The molecular formula is C21H21ClFN3O3S. The van der Waals surface area contributed by atoms with Crippen LogP contribution in [0.25, 0.3) is 21.6 Å². The van der Waals surface area contributed by atoms with Crippen molar-refractivity contribution in [2.24, 2.45) is 5.73 Å². The first-order valence-electron chi connectivity index (χ1n) is 9.73. The Kier molecular flexibility index (Phi) is 5.20. The minimum Gasteiger partial charge on any atom is -0.477 e. The molecule has 0 bridgehead atoms. The average molecular weight is 450 g/mol. The zero-order valence-corrected chi connectivity index (χ0v) is 17.9. The van der Waals surface area contributed by atoms with Crippen LogP contribution in [0.1, 0.15) is 64.1 Å². The van der Waals surface area contributed by atoms with E-state index < -0.39 is 17.2 Å². The lowest BCUT2D eigenvalue weighted by Crippen LogP contribution is -2.21. The third-order valence-corrected chi connectivity index (χ3v) is 7.12. The first-order chi connectivity index (χ1) is 13.9. The molecule has 3 aromatic rings. The van der Waals surface area contributed by atoms with Crippen molar-refractivity contribution in [1.29, 1.82) is 0 Å². The third-order valence-electron chi connectivity index (χ3n) is 5.90. The summed E-state index contributed by atoms with van der Waals surface area (Å²) in [5.74, 6) is -1.89. The van der Waals surface area contributed by atoms with Gasteiger partial charge in [0.25, 0.3) is 0 Å². The summed E-state index contributed by atoms with van der Waals surface area (Å²) in [7, 11) is 0. The Hall–Kier alpha value is -2.29. The Morgan fingerprint density at radius 2 is 2.10 bits per heavy atom. The van der Waals surface area contributed by atoms with Crippen LogP contribution in [0.5, 0.6) is 0 Å². The average Bonchev–Trinajstić information content (AvgIpc) is 3.42. The van der Waals surface area contributed by atoms with Crippen molar-refractivity contribution in [3.63, 3.8) is 0 Å². The molecule has 3 N–H and O–H groups in total. The summed E-state index contributed by atoms with van der Waals surface area (Å²) in [5, 5.41) is 9.48. The second-order valence-electron chi connectivity index (χ2n) is 7.90. The van der Waals surface area contributed by atoms with Gasteiger partial charge in [-0.05, 0) is 50.7 Å². The van der Waals surface area contributed by atoms with Crippen LogP contribution in [0.2, 0.25) is 0 Å². The van der Waals surface area contributed by atoms with E-state index >= 15 is 4.39 Å². The number of carboxylic acid groups (broad SMARTS) is 1. The van der Waals surface area contributed by atoms with Crippen LogP contribution < -0.4 is 11.2 Å². The van der Waals surface area contributed by atoms with Gasteiger partial charge in [-0.25, -0.2) is 14.2 Å². The van der Waals surface area contributed by atoms with Crippen molar-refractivity contribution in [2.45, 2.75) is 51.1 Å². The van der Waals surface area contributed by atoms with Crippen molar-refractivity contribution >= 4 is 40.7 Å². The molecule has 3 heterocycles. The normalized spacial score (nSPS) is 18.2. The van der Waals surface area contributed by atoms with Crippen LogP contribution in [-0.4, -0.2) is 20.6 Å². The monoisotopic (exact) mass is 449 g/mol. The molecule has 1 atom stereocenters. The first-order valence-corrected chi connectivity index (χ1v) is 10.5. The van der Waals surface area contributed by atoms with Gasteiger partial charge in [0.2, 0.25) is 5.43 Å². The first kappa shape index (κ1) is 21.0. The maximum Gasteiger partial charge on any atom is 0.341 e. The van der Waals surface area contributed by atoms with Crippen LogP contribution in [0, 0.1) is 12.7 Å². The van der Waals surface area contributed by atoms with Gasteiger partial charge in [0.05, 0.1) is 10.3 Å². The number of aryl methyl sites for hydroxylation is 2. The molecule has 2 aliphatic rings. The summed E-state index contributed by atoms with van der Waals surface area (Å²) >= 11 is 1.50. The number of carbonyl (C=O) groups is 1. The number of pyridine rings is 2. The molecule has 0 amide bonds. The topological polar surface area (TPSA) is 98.2 Å². The van der Waals surface area contributed by atoms with Gasteiger partial charge in [-0.15, -0.1) is 23.7 Å². The number of fused-ring (bicyclic) bond motifs is 2. The molecule has 2 aliphatic carbocycles. The Bertz CT molecular complexity index is 1250. The van der Waals surface area contributed by atoms with E-state index in [1.54, 1.807) is 4.57 Å². The largest absolute Gasteiger partial charge is 0.477 e. The smallest absolute Gasteiger partial charge is 0.341 e. The van der Waals surface area contributed by atoms with Crippen LogP contribution in [0.4, 0.5) is 4.39 Å². The van der Waals surface area contributed by atoms with E-state index in [2.05, 4.69) is 4.98 Å². The molecule has 3 aromatic heterocycles. The number of aromatic carboxylic acids is 1. The zero-order chi connectivity index (χ0) is 20.4. The number of hydrogen-bond donors (Lipinski definition) is 2. The number of nitrogens with two attached hydrogens (primary N) is 1. The Labute approximate surface area is 182 Å². The van der Waals surface area contributed by atoms with Crippen molar-refractivity contribution in [3.8, 4) is 10.6 Å². The Balaban J connectivity index is 0.00000218. The van der Waals surface area contributed by atoms with Gasteiger partial charge in [-0.1, -0.05) is 0 Å². The van der Waals surface area contributed by atoms with E-state index in [0.29, 0.717) is 10.5 Å². The second kappa shape index (κ2) is 7.44. The van der Waals surface area contributed by atoms with Crippen LogP contribution in [-0.2, 0) is 6.42 Å².